The topological polar surface area (TPSA) is 82.6 Å². The van der Waals surface area contributed by atoms with Crippen LogP contribution in [-0.4, -0.2) is 56.0 Å². The molecule has 3 fully saturated rings. The van der Waals surface area contributed by atoms with Gasteiger partial charge in [-0.05, 0) is 74.3 Å². The fourth-order valence-electron chi connectivity index (χ4n) is 4.84. The van der Waals surface area contributed by atoms with Crippen LogP contribution in [0.1, 0.15) is 48.9 Å². The van der Waals surface area contributed by atoms with Crippen molar-refractivity contribution in [1.82, 2.24) is 9.29 Å². The van der Waals surface area contributed by atoms with E-state index >= 15 is 0 Å². The maximum Gasteiger partial charge on any atom is 0.259 e. The normalized spacial score (nSPS) is 21.2. The molecule has 5 rings (SSSR count). The molecule has 2 saturated heterocycles. The summed E-state index contributed by atoms with van der Waals surface area (Å²) >= 11 is 0. The van der Waals surface area contributed by atoms with Gasteiger partial charge in [-0.15, -0.1) is 0 Å². The number of alkyl halides is 1. The molecule has 9 heteroatoms. The van der Waals surface area contributed by atoms with Crippen LogP contribution < -0.4 is 10.2 Å². The Labute approximate surface area is 194 Å². The molecule has 1 spiro atoms. The van der Waals surface area contributed by atoms with Crippen molar-refractivity contribution in [3.63, 3.8) is 0 Å². The van der Waals surface area contributed by atoms with Gasteiger partial charge in [-0.2, -0.15) is 4.31 Å². The Hall–Kier alpha value is -2.52. The Kier molecular flexibility index (Phi) is 5.86. The lowest BCUT2D eigenvalue weighted by Crippen LogP contribution is -2.39. The van der Waals surface area contributed by atoms with E-state index in [1.165, 1.54) is 29.3 Å². The first-order valence-corrected chi connectivity index (χ1v) is 13.1. The molecule has 2 aliphatic heterocycles. The van der Waals surface area contributed by atoms with E-state index in [2.05, 4.69) is 15.2 Å². The van der Waals surface area contributed by atoms with E-state index in [0.717, 1.165) is 25.9 Å². The second-order valence-corrected chi connectivity index (χ2v) is 11.4. The van der Waals surface area contributed by atoms with Gasteiger partial charge < -0.3 is 10.2 Å². The third-order valence-electron chi connectivity index (χ3n) is 7.23. The minimum absolute atomic E-state index is 0.0924. The van der Waals surface area contributed by atoms with Gasteiger partial charge in [-0.25, -0.2) is 17.8 Å². The standard InChI is InChI=1S/C24H29FN4O3S/c25-18-6-13-29(14-7-18)33(31,32)20-4-1-3-19(17-20)27-23(30)21-5-2-12-26-22(21)28-15-10-24(8-9-24)11-16-28/h1-5,12,17-18H,6-11,13-16H2,(H,27,30). The molecule has 7 nitrogen and oxygen atoms in total. The van der Waals surface area contributed by atoms with Gasteiger partial charge in [0.15, 0.2) is 0 Å². The van der Waals surface area contributed by atoms with E-state index in [9.17, 15) is 17.6 Å². The summed E-state index contributed by atoms with van der Waals surface area (Å²) in [4.78, 5) is 19.9. The van der Waals surface area contributed by atoms with E-state index in [-0.39, 0.29) is 36.7 Å². The largest absolute Gasteiger partial charge is 0.356 e. The van der Waals surface area contributed by atoms with Crippen LogP contribution in [0.2, 0.25) is 0 Å². The summed E-state index contributed by atoms with van der Waals surface area (Å²) in [6.45, 7) is 2.10. The number of halogens is 1. The maximum absolute atomic E-state index is 13.4. The minimum atomic E-state index is -3.74. The highest BCUT2D eigenvalue weighted by Gasteiger charge is 2.44. The Morgan fingerprint density at radius 2 is 1.76 bits per heavy atom. The van der Waals surface area contributed by atoms with E-state index in [4.69, 9.17) is 0 Å². The van der Waals surface area contributed by atoms with Crippen molar-refractivity contribution in [2.24, 2.45) is 5.41 Å². The average Bonchev–Trinajstić information content (AvgIpc) is 3.59. The zero-order valence-electron chi connectivity index (χ0n) is 18.5. The predicted molar refractivity (Wildman–Crippen MR) is 125 cm³/mol. The number of benzene rings is 1. The van der Waals surface area contributed by atoms with Crippen molar-refractivity contribution >= 4 is 27.4 Å². The Balaban J connectivity index is 1.32. The molecule has 1 saturated carbocycles. The molecule has 3 aliphatic rings. The summed E-state index contributed by atoms with van der Waals surface area (Å²) < 4.78 is 40.7. The van der Waals surface area contributed by atoms with E-state index in [1.807, 2.05) is 0 Å². The summed E-state index contributed by atoms with van der Waals surface area (Å²) in [5.74, 6) is 0.348. The minimum Gasteiger partial charge on any atom is -0.356 e. The molecule has 0 bridgehead atoms. The average molecular weight is 473 g/mol. The Morgan fingerprint density at radius 3 is 2.45 bits per heavy atom. The van der Waals surface area contributed by atoms with Gasteiger partial charge >= 0.3 is 0 Å². The molecule has 1 N–H and O–H groups in total. The number of piperidine rings is 2. The fraction of sp³-hybridized carbons (Fsp3) is 0.500. The fourth-order valence-corrected chi connectivity index (χ4v) is 6.36. The van der Waals surface area contributed by atoms with Gasteiger partial charge in [0.25, 0.3) is 5.91 Å². The molecule has 1 aliphatic carbocycles. The molecular weight excluding hydrogens is 443 g/mol. The molecule has 3 heterocycles. The van der Waals surface area contributed by atoms with Crippen molar-refractivity contribution in [3.8, 4) is 0 Å². The van der Waals surface area contributed by atoms with E-state index in [1.54, 1.807) is 30.5 Å². The van der Waals surface area contributed by atoms with Gasteiger partial charge in [0.1, 0.15) is 12.0 Å². The molecule has 176 valence electrons. The zero-order chi connectivity index (χ0) is 23.1. The number of aromatic nitrogens is 1. The third-order valence-corrected chi connectivity index (χ3v) is 9.12. The van der Waals surface area contributed by atoms with Gasteiger partial charge in [-0.1, -0.05) is 6.07 Å². The number of carbonyl (C=O) groups excluding carboxylic acids is 1. The number of pyridine rings is 1. The highest BCUT2D eigenvalue weighted by molar-refractivity contribution is 7.89. The first-order chi connectivity index (χ1) is 15.9. The van der Waals surface area contributed by atoms with Crippen LogP contribution >= 0.6 is 0 Å². The first kappa shape index (κ1) is 22.3. The van der Waals surface area contributed by atoms with Crippen molar-refractivity contribution in [1.29, 1.82) is 0 Å². The second-order valence-electron chi connectivity index (χ2n) is 9.42. The molecule has 0 unspecified atom stereocenters. The molecule has 1 amide bonds. The number of sulfonamides is 1. The monoisotopic (exact) mass is 472 g/mol. The van der Waals surface area contributed by atoms with Gasteiger partial charge in [0, 0.05) is 38.1 Å². The van der Waals surface area contributed by atoms with Crippen LogP contribution in [-0.2, 0) is 10.0 Å². The third kappa shape index (κ3) is 4.61. The Bertz CT molecular complexity index is 1130. The SMILES string of the molecule is O=C(Nc1cccc(S(=O)(=O)N2CCC(F)CC2)c1)c1cccnc1N1CCC2(CC1)CC2. The molecule has 33 heavy (non-hydrogen) atoms. The molecule has 0 radical (unpaired) electrons. The number of anilines is 2. The Morgan fingerprint density at radius 1 is 1.03 bits per heavy atom. The quantitative estimate of drug-likeness (QED) is 0.715. The lowest BCUT2D eigenvalue weighted by atomic mass is 9.93. The number of amides is 1. The summed E-state index contributed by atoms with van der Waals surface area (Å²) in [6, 6.07) is 9.72. The molecule has 1 aromatic heterocycles. The van der Waals surface area contributed by atoms with Crippen molar-refractivity contribution in [2.75, 3.05) is 36.4 Å². The van der Waals surface area contributed by atoms with Crippen LogP contribution in [0.3, 0.4) is 0 Å². The molecular formula is C24H29FN4O3S. The summed E-state index contributed by atoms with van der Waals surface area (Å²) in [5, 5.41) is 2.84. The summed E-state index contributed by atoms with van der Waals surface area (Å²) in [7, 11) is -3.74. The van der Waals surface area contributed by atoms with Crippen LogP contribution in [0.4, 0.5) is 15.9 Å². The van der Waals surface area contributed by atoms with Crippen molar-refractivity contribution in [3.05, 3.63) is 48.2 Å². The second kappa shape index (κ2) is 8.68. The highest BCUT2D eigenvalue weighted by atomic mass is 32.2. The van der Waals surface area contributed by atoms with E-state index < -0.39 is 16.2 Å². The number of carbonyl (C=O) groups is 1. The van der Waals surface area contributed by atoms with Crippen LogP contribution in [0, 0.1) is 5.41 Å². The van der Waals surface area contributed by atoms with Crippen molar-refractivity contribution < 1.29 is 17.6 Å². The summed E-state index contributed by atoms with van der Waals surface area (Å²) in [5.41, 5.74) is 1.40. The van der Waals surface area contributed by atoms with Crippen LogP contribution in [0.15, 0.2) is 47.5 Å². The van der Waals surface area contributed by atoms with Crippen LogP contribution in [0.25, 0.3) is 0 Å². The molecule has 2 aromatic rings. The lowest BCUT2D eigenvalue weighted by Gasteiger charge is -2.33. The first-order valence-electron chi connectivity index (χ1n) is 11.6. The molecule has 1 aromatic carbocycles. The number of nitrogens with one attached hydrogen (secondary N) is 1. The summed E-state index contributed by atoms with van der Waals surface area (Å²) in [6.07, 6.45) is 6.03. The van der Waals surface area contributed by atoms with Gasteiger partial charge in [0.2, 0.25) is 10.0 Å². The van der Waals surface area contributed by atoms with Gasteiger partial charge in [-0.3, -0.25) is 4.79 Å². The highest BCUT2D eigenvalue weighted by Crippen LogP contribution is 2.53. The predicted octanol–water partition coefficient (Wildman–Crippen LogP) is 3.84. The zero-order valence-corrected chi connectivity index (χ0v) is 19.4. The maximum atomic E-state index is 13.4. The lowest BCUT2D eigenvalue weighted by molar-refractivity contribution is 0.102. The van der Waals surface area contributed by atoms with Gasteiger partial charge in [0.05, 0.1) is 10.5 Å². The van der Waals surface area contributed by atoms with E-state index in [0.29, 0.717) is 22.5 Å². The number of hydrogen-bond acceptors (Lipinski definition) is 5. The number of rotatable bonds is 5. The number of nitrogens with zero attached hydrogens (tertiary/aromatic N) is 3. The van der Waals surface area contributed by atoms with Crippen LogP contribution in [0.5, 0.6) is 0 Å². The smallest absolute Gasteiger partial charge is 0.259 e. The molecule has 0 atom stereocenters. The number of hydrogen-bond donors (Lipinski definition) is 1. The van der Waals surface area contributed by atoms with Crippen molar-refractivity contribution in [2.45, 2.75) is 49.6 Å².